The summed E-state index contributed by atoms with van der Waals surface area (Å²) in [4.78, 5) is 27.5. The predicted octanol–water partition coefficient (Wildman–Crippen LogP) is 2.71. The standard InChI is InChI=1S/C23H33ClN2O4/c1-14(27)20(25-21(29)16-6-9-18(28)12-16)22(30)26-11-10-19(23(2,3)13-26)15-4-7-17(24)8-5-15/h4-5,7-8,14,16,18-20,27-28H,6,9-13H2,1-3H3,(H,25,29)/t14?,16-,18-,19?,20+/m0/s1. The number of nitrogens with one attached hydrogen (secondary N) is 1. The van der Waals surface area contributed by atoms with Gasteiger partial charge in [0.15, 0.2) is 0 Å². The number of piperidine rings is 1. The van der Waals surface area contributed by atoms with E-state index in [-0.39, 0.29) is 23.1 Å². The molecule has 166 valence electrons. The maximum atomic E-state index is 13.2. The molecule has 2 fully saturated rings. The Morgan fingerprint density at radius 2 is 1.87 bits per heavy atom. The molecule has 1 aliphatic heterocycles. The maximum absolute atomic E-state index is 13.2. The lowest BCUT2D eigenvalue weighted by molar-refractivity contribution is -0.143. The minimum absolute atomic E-state index is 0.162. The largest absolute Gasteiger partial charge is 0.393 e. The molecule has 1 saturated heterocycles. The van der Waals surface area contributed by atoms with Crippen LogP contribution in [0.1, 0.15) is 57.9 Å². The minimum Gasteiger partial charge on any atom is -0.393 e. The number of hydrogen-bond acceptors (Lipinski definition) is 4. The van der Waals surface area contributed by atoms with Gasteiger partial charge in [-0.05, 0) is 61.6 Å². The SMILES string of the molecule is CC(O)[C@@H](NC(=O)[C@H]1CC[C@H](O)C1)C(=O)N1CCC(c2ccc(Cl)cc2)C(C)(C)C1. The van der Waals surface area contributed by atoms with E-state index < -0.39 is 18.2 Å². The monoisotopic (exact) mass is 436 g/mol. The molecule has 30 heavy (non-hydrogen) atoms. The van der Waals surface area contributed by atoms with E-state index in [2.05, 4.69) is 19.2 Å². The van der Waals surface area contributed by atoms with Crippen LogP contribution in [0.15, 0.2) is 24.3 Å². The van der Waals surface area contributed by atoms with Crippen molar-refractivity contribution < 1.29 is 19.8 Å². The number of amides is 2. The summed E-state index contributed by atoms with van der Waals surface area (Å²) in [6.45, 7) is 6.91. The van der Waals surface area contributed by atoms with Crippen LogP contribution in [0.3, 0.4) is 0 Å². The number of nitrogens with zero attached hydrogens (tertiary/aromatic N) is 1. The van der Waals surface area contributed by atoms with Crippen molar-refractivity contribution in [3.05, 3.63) is 34.9 Å². The van der Waals surface area contributed by atoms with E-state index in [0.717, 1.165) is 6.42 Å². The third-order valence-electron chi connectivity index (χ3n) is 6.64. The molecular formula is C23H33ClN2O4. The van der Waals surface area contributed by atoms with Gasteiger partial charge in [0.05, 0.1) is 12.2 Å². The van der Waals surface area contributed by atoms with Crippen molar-refractivity contribution in [1.29, 1.82) is 0 Å². The first-order valence-electron chi connectivity index (χ1n) is 10.8. The molecule has 5 atom stereocenters. The van der Waals surface area contributed by atoms with E-state index >= 15 is 0 Å². The highest BCUT2D eigenvalue weighted by molar-refractivity contribution is 6.30. The lowest BCUT2D eigenvalue weighted by Crippen LogP contribution is -2.58. The van der Waals surface area contributed by atoms with E-state index in [1.807, 2.05) is 24.3 Å². The zero-order valence-corrected chi connectivity index (χ0v) is 18.7. The Balaban J connectivity index is 1.67. The molecule has 6 nitrogen and oxygen atoms in total. The second-order valence-electron chi connectivity index (χ2n) is 9.53. The van der Waals surface area contributed by atoms with Crippen LogP contribution in [-0.2, 0) is 9.59 Å². The molecule has 0 aromatic heterocycles. The zero-order chi connectivity index (χ0) is 22.1. The van der Waals surface area contributed by atoms with Crippen LogP contribution in [0, 0.1) is 11.3 Å². The number of rotatable bonds is 5. The molecule has 3 rings (SSSR count). The summed E-state index contributed by atoms with van der Waals surface area (Å²) in [6, 6.07) is 6.90. The summed E-state index contributed by atoms with van der Waals surface area (Å²) in [5.41, 5.74) is 1.04. The Bertz CT molecular complexity index is 765. The summed E-state index contributed by atoms with van der Waals surface area (Å²) in [5.74, 6) is -0.528. The topological polar surface area (TPSA) is 89.9 Å². The van der Waals surface area contributed by atoms with Gasteiger partial charge in [-0.3, -0.25) is 9.59 Å². The van der Waals surface area contributed by atoms with E-state index in [9.17, 15) is 19.8 Å². The summed E-state index contributed by atoms with van der Waals surface area (Å²) >= 11 is 6.02. The van der Waals surface area contributed by atoms with Crippen LogP contribution in [-0.4, -0.2) is 58.3 Å². The molecule has 2 aliphatic rings. The summed E-state index contributed by atoms with van der Waals surface area (Å²) in [7, 11) is 0. The number of aliphatic hydroxyl groups is 2. The Kier molecular flexibility index (Phi) is 7.10. The fourth-order valence-electron chi connectivity index (χ4n) is 4.91. The van der Waals surface area contributed by atoms with Gasteiger partial charge < -0.3 is 20.4 Å². The van der Waals surface area contributed by atoms with Crippen molar-refractivity contribution in [2.24, 2.45) is 11.3 Å². The van der Waals surface area contributed by atoms with Crippen molar-refractivity contribution in [1.82, 2.24) is 10.2 Å². The molecule has 3 N–H and O–H groups in total. The molecule has 0 radical (unpaired) electrons. The Morgan fingerprint density at radius 3 is 2.40 bits per heavy atom. The number of hydrogen-bond donors (Lipinski definition) is 3. The number of carbonyl (C=O) groups excluding carboxylic acids is 2. The van der Waals surface area contributed by atoms with Gasteiger partial charge in [-0.2, -0.15) is 0 Å². The van der Waals surface area contributed by atoms with Crippen LogP contribution < -0.4 is 5.32 Å². The highest BCUT2D eigenvalue weighted by Gasteiger charge is 2.41. The summed E-state index contributed by atoms with van der Waals surface area (Å²) in [6.07, 6.45) is 0.950. The van der Waals surface area contributed by atoms with E-state index in [1.54, 1.807) is 4.90 Å². The van der Waals surface area contributed by atoms with Crippen molar-refractivity contribution in [3.8, 4) is 0 Å². The molecule has 1 aromatic rings. The van der Waals surface area contributed by atoms with Gasteiger partial charge in [-0.25, -0.2) is 0 Å². The molecule has 0 spiro atoms. The molecule has 7 heteroatoms. The molecule has 1 saturated carbocycles. The predicted molar refractivity (Wildman–Crippen MR) is 116 cm³/mol. The zero-order valence-electron chi connectivity index (χ0n) is 18.0. The normalized spacial score (nSPS) is 28.1. The second-order valence-corrected chi connectivity index (χ2v) is 9.97. The second kappa shape index (κ2) is 9.25. The van der Waals surface area contributed by atoms with Crippen molar-refractivity contribution in [2.45, 2.75) is 70.6 Å². The molecule has 1 aliphatic carbocycles. The van der Waals surface area contributed by atoms with Crippen LogP contribution in [0.25, 0.3) is 0 Å². The van der Waals surface area contributed by atoms with Gasteiger partial charge in [-0.1, -0.05) is 37.6 Å². The average Bonchev–Trinajstić information content (AvgIpc) is 3.12. The first-order valence-corrected chi connectivity index (χ1v) is 11.2. The van der Waals surface area contributed by atoms with E-state index in [4.69, 9.17) is 11.6 Å². The maximum Gasteiger partial charge on any atom is 0.247 e. The molecule has 1 heterocycles. The lowest BCUT2D eigenvalue weighted by atomic mass is 9.70. The quantitative estimate of drug-likeness (QED) is 0.662. The first-order chi connectivity index (χ1) is 14.1. The molecule has 2 unspecified atom stereocenters. The number of benzene rings is 1. The number of likely N-dealkylation sites (tertiary alicyclic amines) is 1. The van der Waals surface area contributed by atoms with Crippen LogP contribution >= 0.6 is 11.6 Å². The van der Waals surface area contributed by atoms with Gasteiger partial charge in [0, 0.05) is 24.0 Å². The van der Waals surface area contributed by atoms with Gasteiger partial charge in [0.2, 0.25) is 11.8 Å². The number of carbonyl (C=O) groups is 2. The van der Waals surface area contributed by atoms with Crippen molar-refractivity contribution in [3.63, 3.8) is 0 Å². The smallest absolute Gasteiger partial charge is 0.247 e. The highest BCUT2D eigenvalue weighted by atomic mass is 35.5. The third-order valence-corrected chi connectivity index (χ3v) is 6.89. The molecular weight excluding hydrogens is 404 g/mol. The van der Waals surface area contributed by atoms with Crippen molar-refractivity contribution in [2.75, 3.05) is 13.1 Å². The Morgan fingerprint density at radius 1 is 1.20 bits per heavy atom. The van der Waals surface area contributed by atoms with Gasteiger partial charge >= 0.3 is 0 Å². The highest BCUT2D eigenvalue weighted by Crippen LogP contribution is 2.42. The Hall–Kier alpha value is -1.63. The third kappa shape index (κ3) is 5.16. The van der Waals surface area contributed by atoms with Gasteiger partial charge in [-0.15, -0.1) is 0 Å². The van der Waals surface area contributed by atoms with Crippen LogP contribution in [0.5, 0.6) is 0 Å². The first kappa shape index (κ1) is 23.0. The number of halogens is 1. The van der Waals surface area contributed by atoms with Crippen molar-refractivity contribution >= 4 is 23.4 Å². The fraction of sp³-hybridized carbons (Fsp3) is 0.652. The minimum atomic E-state index is -0.995. The average molecular weight is 437 g/mol. The van der Waals surface area contributed by atoms with E-state index in [0.29, 0.717) is 43.3 Å². The van der Waals surface area contributed by atoms with E-state index in [1.165, 1.54) is 12.5 Å². The molecule has 1 aromatic carbocycles. The van der Waals surface area contributed by atoms with Crippen LogP contribution in [0.4, 0.5) is 0 Å². The summed E-state index contributed by atoms with van der Waals surface area (Å²) in [5, 5.41) is 23.4. The number of aliphatic hydroxyl groups excluding tert-OH is 2. The van der Waals surface area contributed by atoms with Crippen LogP contribution in [0.2, 0.25) is 5.02 Å². The van der Waals surface area contributed by atoms with Gasteiger partial charge in [0.1, 0.15) is 6.04 Å². The molecule has 2 amide bonds. The Labute approximate surface area is 183 Å². The fourth-order valence-corrected chi connectivity index (χ4v) is 5.04. The lowest BCUT2D eigenvalue weighted by Gasteiger charge is -2.45. The molecule has 0 bridgehead atoms. The summed E-state index contributed by atoms with van der Waals surface area (Å²) < 4.78 is 0. The van der Waals surface area contributed by atoms with Gasteiger partial charge in [0.25, 0.3) is 0 Å².